The van der Waals surface area contributed by atoms with Crippen molar-refractivity contribution in [3.8, 4) is 11.8 Å². The third-order valence-corrected chi connectivity index (χ3v) is 10.9. The van der Waals surface area contributed by atoms with Crippen molar-refractivity contribution in [2.75, 3.05) is 32.9 Å². The molecule has 2 atom stereocenters. The van der Waals surface area contributed by atoms with E-state index in [0.717, 1.165) is 19.3 Å². The Hall–Kier alpha value is -3.22. The van der Waals surface area contributed by atoms with Gasteiger partial charge in [-0.2, -0.15) is 18.4 Å². The Morgan fingerprint density at radius 2 is 1.47 bits per heavy atom. The quantitative estimate of drug-likeness (QED) is 0.0353. The number of rotatable bonds is 23. The Labute approximate surface area is 322 Å². The molecule has 0 radical (unpaired) electrons. The van der Waals surface area contributed by atoms with Gasteiger partial charge >= 0.3 is 23.7 Å². The number of benzene rings is 1. The van der Waals surface area contributed by atoms with Crippen LogP contribution in [0.15, 0.2) is 27.4 Å². The molecule has 0 saturated carbocycles. The average molecular weight is 821 g/mol. The number of halogens is 3. The normalized spacial score (nSPS) is 13.3. The van der Waals surface area contributed by atoms with Crippen molar-refractivity contribution in [1.29, 1.82) is 5.26 Å². The Morgan fingerprint density at radius 1 is 0.891 bits per heavy atom. The van der Waals surface area contributed by atoms with E-state index in [1.54, 1.807) is 26.1 Å². The van der Waals surface area contributed by atoms with Crippen LogP contribution in [0.5, 0.6) is 5.75 Å². The summed E-state index contributed by atoms with van der Waals surface area (Å²) in [6.07, 6.45) is -1.39. The van der Waals surface area contributed by atoms with Gasteiger partial charge in [-0.15, -0.1) is 0 Å². The van der Waals surface area contributed by atoms with E-state index in [9.17, 15) is 37.2 Å². The number of amides is 2. The van der Waals surface area contributed by atoms with Gasteiger partial charge in [0.25, 0.3) is 14.4 Å². The topological polar surface area (TPSA) is 190 Å². The Kier molecular flexibility index (Phi) is 20.1. The summed E-state index contributed by atoms with van der Waals surface area (Å²) < 4.78 is 67.8. The minimum Gasteiger partial charge on any atom is -0.425 e. The predicted octanol–water partition coefficient (Wildman–Crippen LogP) is 6.73. The zero-order valence-electron chi connectivity index (χ0n) is 32.4. The maximum atomic E-state index is 13.0. The van der Waals surface area contributed by atoms with E-state index >= 15 is 0 Å². The molecule has 308 valence electrons. The lowest BCUT2D eigenvalue weighted by molar-refractivity contribution is -0.173. The summed E-state index contributed by atoms with van der Waals surface area (Å²) in [5, 5.41) is 13.6. The van der Waals surface area contributed by atoms with Crippen LogP contribution in [-0.2, 0) is 23.2 Å². The van der Waals surface area contributed by atoms with Crippen molar-refractivity contribution in [3.05, 3.63) is 34.2 Å². The van der Waals surface area contributed by atoms with Crippen molar-refractivity contribution in [2.24, 2.45) is 5.41 Å². The Bertz CT molecular complexity index is 1650. The highest BCUT2D eigenvalue weighted by Gasteiger charge is 2.38. The second-order valence-corrected chi connectivity index (χ2v) is 16.8. The molecule has 0 aliphatic rings. The number of ether oxygens (including phenoxy) is 1. The van der Waals surface area contributed by atoms with E-state index < -0.39 is 51.9 Å². The molecule has 2 unspecified atom stereocenters. The summed E-state index contributed by atoms with van der Waals surface area (Å²) >= 11 is 0. The van der Waals surface area contributed by atoms with E-state index in [-0.39, 0.29) is 78.6 Å². The van der Waals surface area contributed by atoms with Crippen LogP contribution in [0.2, 0.25) is 0 Å². The van der Waals surface area contributed by atoms with E-state index in [1.165, 1.54) is 18.2 Å². The van der Waals surface area contributed by atoms with Crippen molar-refractivity contribution < 1.29 is 55.2 Å². The lowest BCUT2D eigenvalue weighted by Gasteiger charge is -2.35. The highest BCUT2D eigenvalue weighted by Crippen LogP contribution is 2.46. The highest BCUT2D eigenvalue weighted by atomic mass is 31.2. The number of nitrogens with one attached hydrogen (secondary N) is 2. The van der Waals surface area contributed by atoms with E-state index in [4.69, 9.17) is 28.0 Å². The molecule has 55 heavy (non-hydrogen) atoms. The Balaban J connectivity index is 2.03. The van der Waals surface area contributed by atoms with Gasteiger partial charge in [-0.1, -0.05) is 12.8 Å². The molecule has 2 rings (SSSR count). The van der Waals surface area contributed by atoms with Crippen LogP contribution >= 0.6 is 16.9 Å². The van der Waals surface area contributed by atoms with E-state index in [2.05, 4.69) is 43.8 Å². The molecule has 0 aliphatic heterocycles. The summed E-state index contributed by atoms with van der Waals surface area (Å²) in [5.74, 6) is -3.50. The molecule has 2 aromatic rings. The first kappa shape index (κ1) is 47.9. The molecule has 1 heterocycles. The number of alkyl halides is 3. The molecule has 0 aliphatic carbocycles. The third-order valence-electron chi connectivity index (χ3n) is 7.63. The lowest BCUT2D eigenvalue weighted by Crippen LogP contribution is -2.37. The molecular weight excluding hydrogens is 767 g/mol. The predicted molar refractivity (Wildman–Crippen MR) is 203 cm³/mol. The maximum absolute atomic E-state index is 13.0. The van der Waals surface area contributed by atoms with Crippen LogP contribution < -0.4 is 26.3 Å². The molecule has 2 amide bonds. The fraction of sp³-hybridized carbons (Fsp3) is 0.639. The molecular formula is C36H53F3N4O10P2. The first-order chi connectivity index (χ1) is 25.8. The van der Waals surface area contributed by atoms with E-state index in [1.807, 2.05) is 0 Å². The SMILES string of the molecule is CC(C)N(C(C)C)P(OCCC#N)OCCCCCCNC(=O)c1cc2cc(P(O)OCCCCNC(=O)C(F)(F)F)c(OC(=O)C(C)(C)C)cc2oc1=O. The number of hydrogen-bond acceptors (Lipinski definition) is 12. The summed E-state index contributed by atoms with van der Waals surface area (Å²) in [5.41, 5.74) is -2.16. The molecule has 0 saturated heterocycles. The minimum atomic E-state index is -4.99. The van der Waals surface area contributed by atoms with Gasteiger partial charge in [-0.3, -0.25) is 14.4 Å². The molecule has 14 nitrogen and oxygen atoms in total. The monoisotopic (exact) mass is 820 g/mol. The number of carbonyl (C=O) groups is 3. The summed E-state index contributed by atoms with van der Waals surface area (Å²) in [6, 6.07) is 6.40. The highest BCUT2D eigenvalue weighted by molar-refractivity contribution is 7.55. The van der Waals surface area contributed by atoms with Crippen LogP contribution in [0.25, 0.3) is 11.0 Å². The van der Waals surface area contributed by atoms with Gasteiger partial charge in [0.1, 0.15) is 16.9 Å². The molecule has 3 N–H and O–H groups in total. The number of esters is 1. The van der Waals surface area contributed by atoms with Gasteiger partial charge in [0.05, 0.1) is 43.0 Å². The van der Waals surface area contributed by atoms with Crippen molar-refractivity contribution in [2.45, 2.75) is 112 Å². The fourth-order valence-electron chi connectivity index (χ4n) is 4.86. The summed E-state index contributed by atoms with van der Waals surface area (Å²) in [6.45, 7) is 13.8. The lowest BCUT2D eigenvalue weighted by atomic mass is 9.97. The van der Waals surface area contributed by atoms with Crippen LogP contribution in [0.3, 0.4) is 0 Å². The third kappa shape index (κ3) is 16.4. The van der Waals surface area contributed by atoms with Gasteiger partial charge < -0.3 is 38.3 Å². The minimum absolute atomic E-state index is 0.0166. The number of nitriles is 1. The second-order valence-electron chi connectivity index (χ2n) is 14.1. The fourth-order valence-corrected chi connectivity index (χ4v) is 7.48. The summed E-state index contributed by atoms with van der Waals surface area (Å²) in [7, 11) is -3.76. The molecule has 0 spiro atoms. The first-order valence-electron chi connectivity index (χ1n) is 18.1. The van der Waals surface area contributed by atoms with E-state index in [0.29, 0.717) is 19.6 Å². The average Bonchev–Trinajstić information content (AvgIpc) is 3.08. The first-order valence-corrected chi connectivity index (χ1v) is 20.4. The van der Waals surface area contributed by atoms with Gasteiger partial charge in [0.2, 0.25) is 8.38 Å². The van der Waals surface area contributed by atoms with Crippen LogP contribution in [-0.4, -0.2) is 78.5 Å². The zero-order valence-corrected chi connectivity index (χ0v) is 34.2. The number of hydrogen-bond donors (Lipinski definition) is 3. The zero-order chi connectivity index (χ0) is 41.3. The standard InChI is InChI=1S/C36H53F3N4O10P2/c1-24(2)43(25(3)4)55(51-20-14-15-40)50-19-12-9-8-10-16-41-31(44)27-21-26-22-30(54(48)49-18-13-11-17-42-33(46)36(37,38)39)29(23-28(26)52-32(27)45)53-34(47)35(5,6)7/h21-25,48H,8-14,16-20H2,1-7H3,(H,41,44)(H,42,46). The van der Waals surface area contributed by atoms with Crippen LogP contribution in [0.1, 0.15) is 104 Å². The Morgan fingerprint density at radius 3 is 2.09 bits per heavy atom. The van der Waals surface area contributed by atoms with Crippen LogP contribution in [0.4, 0.5) is 13.2 Å². The van der Waals surface area contributed by atoms with Crippen molar-refractivity contribution in [3.63, 3.8) is 0 Å². The van der Waals surface area contributed by atoms with Crippen molar-refractivity contribution in [1.82, 2.24) is 15.3 Å². The van der Waals surface area contributed by atoms with Gasteiger partial charge in [0.15, 0.2) is 0 Å². The van der Waals surface area contributed by atoms with Gasteiger partial charge in [0, 0.05) is 36.6 Å². The molecule has 19 heteroatoms. The molecule has 0 bridgehead atoms. The molecule has 1 aromatic carbocycles. The number of fused-ring (bicyclic) bond motifs is 1. The molecule has 1 aromatic heterocycles. The number of nitrogens with zero attached hydrogens (tertiary/aromatic N) is 2. The van der Waals surface area contributed by atoms with Crippen LogP contribution in [0, 0.1) is 16.7 Å². The van der Waals surface area contributed by atoms with Gasteiger partial charge in [-0.05, 0) is 86.3 Å². The maximum Gasteiger partial charge on any atom is 0.471 e. The van der Waals surface area contributed by atoms with Gasteiger partial charge in [-0.25, -0.2) is 9.46 Å². The van der Waals surface area contributed by atoms with Crippen molar-refractivity contribution >= 4 is 51.0 Å². The molecule has 0 fully saturated rings. The largest absolute Gasteiger partial charge is 0.471 e. The summed E-state index contributed by atoms with van der Waals surface area (Å²) in [4.78, 5) is 60.5. The number of unbranched alkanes of at least 4 members (excludes halogenated alkanes) is 4. The smallest absolute Gasteiger partial charge is 0.425 e. The second kappa shape index (κ2) is 23.1. The number of carbonyl (C=O) groups excluding carboxylic acids is 3.